The molecule has 0 saturated carbocycles. The summed E-state index contributed by atoms with van der Waals surface area (Å²) >= 11 is 5.77. The lowest BCUT2D eigenvalue weighted by Crippen LogP contribution is -2.13. The molecular weight excluding hydrogens is 210 g/mol. The summed E-state index contributed by atoms with van der Waals surface area (Å²) in [6.07, 6.45) is 6.33. The van der Waals surface area contributed by atoms with Gasteiger partial charge in [0.2, 0.25) is 0 Å². The van der Waals surface area contributed by atoms with Crippen LogP contribution >= 0.6 is 11.6 Å². The van der Waals surface area contributed by atoms with Gasteiger partial charge in [0, 0.05) is 17.8 Å². The summed E-state index contributed by atoms with van der Waals surface area (Å²) in [5.41, 5.74) is 0.818. The molecule has 1 aliphatic rings. The molecule has 0 bridgehead atoms. The van der Waals surface area contributed by atoms with Gasteiger partial charge in [0.15, 0.2) is 0 Å². The van der Waals surface area contributed by atoms with Crippen molar-refractivity contribution in [2.75, 3.05) is 6.54 Å². The Labute approximate surface area is 94.0 Å². The van der Waals surface area contributed by atoms with Crippen molar-refractivity contribution < 1.29 is 0 Å². The van der Waals surface area contributed by atoms with Gasteiger partial charge in [-0.2, -0.15) is 0 Å². The number of hydrogen-bond acceptors (Lipinski definition) is 2. The first-order valence-electron chi connectivity index (χ1n) is 4.95. The molecule has 0 aliphatic carbocycles. The molecule has 0 atom stereocenters. The Balaban J connectivity index is 2.01. The van der Waals surface area contributed by atoms with Gasteiger partial charge in [0.1, 0.15) is 0 Å². The highest BCUT2D eigenvalue weighted by molar-refractivity contribution is 6.30. The number of halogens is 1. The molecule has 0 radical (unpaired) electrons. The fraction of sp³-hybridized carbons (Fsp3) is 0.273. The minimum atomic E-state index is 0.715. The Kier molecular flexibility index (Phi) is 3.35. The maximum Gasteiger partial charge on any atom is 0.0875 e. The van der Waals surface area contributed by atoms with Crippen LogP contribution in [0.15, 0.2) is 46.9 Å². The predicted octanol–water partition coefficient (Wildman–Crippen LogP) is 3.95. The standard InChI is InChI=1S/C11H12ClN3/c12-10-4-6-11(7-5-10)13-14-15-8-2-1-3-9-15/h2,4-8H,1,3,9H2. The zero-order chi connectivity index (χ0) is 10.5. The fourth-order valence-electron chi connectivity index (χ4n) is 1.33. The lowest BCUT2D eigenvalue weighted by molar-refractivity contribution is 0.353. The fourth-order valence-corrected chi connectivity index (χ4v) is 1.46. The topological polar surface area (TPSA) is 28.0 Å². The normalized spacial score (nSPS) is 16.2. The minimum absolute atomic E-state index is 0.715. The quantitative estimate of drug-likeness (QED) is 0.695. The van der Waals surface area contributed by atoms with E-state index < -0.39 is 0 Å². The number of hydrogen-bond donors (Lipinski definition) is 0. The van der Waals surface area contributed by atoms with E-state index in [1.165, 1.54) is 0 Å². The summed E-state index contributed by atoms with van der Waals surface area (Å²) in [7, 11) is 0. The van der Waals surface area contributed by atoms with Gasteiger partial charge in [-0.05, 0) is 37.1 Å². The molecule has 0 saturated heterocycles. The molecule has 4 heteroatoms. The molecule has 1 aliphatic heterocycles. The van der Waals surface area contributed by atoms with Crippen LogP contribution in [0.1, 0.15) is 12.8 Å². The first kappa shape index (κ1) is 10.2. The van der Waals surface area contributed by atoms with Gasteiger partial charge in [-0.25, -0.2) is 0 Å². The summed E-state index contributed by atoms with van der Waals surface area (Å²) in [4.78, 5) is 0. The summed E-state index contributed by atoms with van der Waals surface area (Å²) in [5, 5.41) is 10.8. The molecular formula is C11H12ClN3. The largest absolute Gasteiger partial charge is 0.254 e. The van der Waals surface area contributed by atoms with Crippen molar-refractivity contribution in [3.8, 4) is 0 Å². The van der Waals surface area contributed by atoms with E-state index in [9.17, 15) is 0 Å². The molecule has 78 valence electrons. The van der Waals surface area contributed by atoms with E-state index in [4.69, 9.17) is 11.6 Å². The zero-order valence-electron chi connectivity index (χ0n) is 8.31. The number of nitrogens with zero attached hydrogens (tertiary/aromatic N) is 3. The van der Waals surface area contributed by atoms with Crippen LogP contribution in [0.2, 0.25) is 5.02 Å². The lowest BCUT2D eigenvalue weighted by atomic mass is 10.2. The van der Waals surface area contributed by atoms with Gasteiger partial charge in [0.05, 0.1) is 5.69 Å². The minimum Gasteiger partial charge on any atom is -0.254 e. The van der Waals surface area contributed by atoms with E-state index in [1.807, 2.05) is 35.5 Å². The third-order valence-corrected chi connectivity index (χ3v) is 2.39. The number of allylic oxidation sites excluding steroid dienone is 1. The third-order valence-electron chi connectivity index (χ3n) is 2.14. The van der Waals surface area contributed by atoms with E-state index in [0.717, 1.165) is 25.1 Å². The highest BCUT2D eigenvalue weighted by Crippen LogP contribution is 2.17. The second-order valence-corrected chi connectivity index (χ2v) is 3.79. The SMILES string of the molecule is Clc1ccc(N=NN2C=CCCC2)cc1. The van der Waals surface area contributed by atoms with Crippen LogP contribution < -0.4 is 0 Å². The van der Waals surface area contributed by atoms with E-state index in [0.29, 0.717) is 5.02 Å². The van der Waals surface area contributed by atoms with Crippen molar-refractivity contribution in [2.24, 2.45) is 10.3 Å². The van der Waals surface area contributed by atoms with Crippen molar-refractivity contribution >= 4 is 17.3 Å². The lowest BCUT2D eigenvalue weighted by Gasteiger charge is -2.15. The molecule has 0 spiro atoms. The molecule has 2 rings (SSSR count). The molecule has 0 N–H and O–H groups in total. The molecule has 0 amide bonds. The maximum absolute atomic E-state index is 5.77. The average molecular weight is 222 g/mol. The summed E-state index contributed by atoms with van der Waals surface area (Å²) in [5.74, 6) is 0. The van der Waals surface area contributed by atoms with Crippen LogP contribution in [-0.2, 0) is 0 Å². The van der Waals surface area contributed by atoms with Crippen LogP contribution in [0.4, 0.5) is 5.69 Å². The van der Waals surface area contributed by atoms with E-state index in [1.54, 1.807) is 0 Å². The van der Waals surface area contributed by atoms with Crippen molar-refractivity contribution in [2.45, 2.75) is 12.8 Å². The van der Waals surface area contributed by atoms with E-state index in [-0.39, 0.29) is 0 Å². The maximum atomic E-state index is 5.77. The Hall–Kier alpha value is -1.35. The van der Waals surface area contributed by atoms with Crippen molar-refractivity contribution in [3.63, 3.8) is 0 Å². The predicted molar refractivity (Wildman–Crippen MR) is 61.0 cm³/mol. The summed E-state index contributed by atoms with van der Waals surface area (Å²) in [6.45, 7) is 0.938. The highest BCUT2D eigenvalue weighted by atomic mass is 35.5. The van der Waals surface area contributed by atoms with Gasteiger partial charge < -0.3 is 0 Å². The van der Waals surface area contributed by atoms with E-state index in [2.05, 4.69) is 16.4 Å². The molecule has 1 aromatic carbocycles. The van der Waals surface area contributed by atoms with Crippen molar-refractivity contribution in [1.82, 2.24) is 5.01 Å². The molecule has 15 heavy (non-hydrogen) atoms. The van der Waals surface area contributed by atoms with Crippen LogP contribution in [0.25, 0.3) is 0 Å². The monoisotopic (exact) mass is 221 g/mol. The van der Waals surface area contributed by atoms with Gasteiger partial charge in [-0.15, -0.1) is 5.11 Å². The number of benzene rings is 1. The Morgan fingerprint density at radius 2 is 2.00 bits per heavy atom. The Morgan fingerprint density at radius 3 is 2.67 bits per heavy atom. The third kappa shape index (κ3) is 3.06. The average Bonchev–Trinajstić information content (AvgIpc) is 2.30. The molecule has 3 nitrogen and oxygen atoms in total. The second-order valence-electron chi connectivity index (χ2n) is 3.36. The smallest absolute Gasteiger partial charge is 0.0875 e. The first-order valence-corrected chi connectivity index (χ1v) is 5.33. The molecule has 0 fully saturated rings. The summed E-state index contributed by atoms with van der Waals surface area (Å²) in [6, 6.07) is 7.31. The van der Waals surface area contributed by atoms with Crippen LogP contribution in [0.5, 0.6) is 0 Å². The first-order chi connectivity index (χ1) is 7.34. The van der Waals surface area contributed by atoms with Gasteiger partial charge in [-0.3, -0.25) is 5.01 Å². The van der Waals surface area contributed by atoms with Gasteiger partial charge in [0.25, 0.3) is 0 Å². The van der Waals surface area contributed by atoms with E-state index >= 15 is 0 Å². The molecule has 0 aromatic heterocycles. The molecule has 1 heterocycles. The molecule has 1 aromatic rings. The van der Waals surface area contributed by atoms with Gasteiger partial charge in [-0.1, -0.05) is 22.9 Å². The Morgan fingerprint density at radius 1 is 1.20 bits per heavy atom. The van der Waals surface area contributed by atoms with Crippen molar-refractivity contribution in [1.29, 1.82) is 0 Å². The molecule has 0 unspecified atom stereocenters. The van der Waals surface area contributed by atoms with Crippen LogP contribution in [0, 0.1) is 0 Å². The van der Waals surface area contributed by atoms with Crippen LogP contribution in [0.3, 0.4) is 0 Å². The number of rotatable bonds is 2. The highest BCUT2D eigenvalue weighted by Gasteiger charge is 2.00. The van der Waals surface area contributed by atoms with Crippen molar-refractivity contribution in [3.05, 3.63) is 41.6 Å². The van der Waals surface area contributed by atoms with Gasteiger partial charge >= 0.3 is 0 Å². The zero-order valence-corrected chi connectivity index (χ0v) is 9.06. The Bertz CT molecular complexity index is 370. The second kappa shape index (κ2) is 4.94. The van der Waals surface area contributed by atoms with Crippen LogP contribution in [-0.4, -0.2) is 11.6 Å². The summed E-state index contributed by atoms with van der Waals surface area (Å²) < 4.78 is 0.